The summed E-state index contributed by atoms with van der Waals surface area (Å²) in [6.07, 6.45) is 13.2. The first-order valence-electron chi connectivity index (χ1n) is 6.64. The van der Waals surface area contributed by atoms with E-state index >= 15 is 0 Å². The van der Waals surface area contributed by atoms with Gasteiger partial charge in [0.05, 0.1) is 11.9 Å². The summed E-state index contributed by atoms with van der Waals surface area (Å²) in [5.41, 5.74) is 10.2. The van der Waals surface area contributed by atoms with E-state index in [1.807, 2.05) is 24.6 Å². The summed E-state index contributed by atoms with van der Waals surface area (Å²) in [4.78, 5) is 7.70. The molecule has 3 heterocycles. The molecule has 7 heteroatoms. The summed E-state index contributed by atoms with van der Waals surface area (Å²) in [6.45, 7) is 4.99. The van der Waals surface area contributed by atoms with E-state index in [0.29, 0.717) is 0 Å². The summed E-state index contributed by atoms with van der Waals surface area (Å²) in [7, 11) is 0. The van der Waals surface area contributed by atoms with Crippen LogP contribution in [0.1, 0.15) is 13.8 Å². The Hall–Kier alpha value is -2.12. The van der Waals surface area contributed by atoms with Crippen LogP contribution in [0.15, 0.2) is 49.0 Å². The number of hydrazine groups is 1. The van der Waals surface area contributed by atoms with E-state index < -0.39 is 5.66 Å². The number of hydrogen-bond acceptors (Lipinski definition) is 6. The highest BCUT2D eigenvalue weighted by Crippen LogP contribution is 2.29. The molecule has 2 aliphatic rings. The molecule has 0 fully saturated rings. The minimum absolute atomic E-state index is 0.210. The summed E-state index contributed by atoms with van der Waals surface area (Å²) in [6, 6.07) is 0. The minimum Gasteiger partial charge on any atom is -0.343 e. The van der Waals surface area contributed by atoms with Crippen molar-refractivity contribution in [3.05, 3.63) is 49.0 Å². The Morgan fingerprint density at radius 1 is 1.40 bits per heavy atom. The Bertz CT molecular complexity index is 557. The summed E-state index contributed by atoms with van der Waals surface area (Å²) in [5.74, 6) is 0.210. The SMILES string of the molecule is CC(C)C1(N)NN(n2cncn2)C=C1N1C=CC=CC1. The van der Waals surface area contributed by atoms with Crippen molar-refractivity contribution in [2.24, 2.45) is 11.7 Å². The first-order valence-corrected chi connectivity index (χ1v) is 6.64. The Morgan fingerprint density at radius 3 is 2.85 bits per heavy atom. The van der Waals surface area contributed by atoms with Crippen LogP contribution in [-0.2, 0) is 0 Å². The maximum atomic E-state index is 6.59. The number of aromatic nitrogens is 3. The van der Waals surface area contributed by atoms with Crippen molar-refractivity contribution in [2.45, 2.75) is 19.5 Å². The van der Waals surface area contributed by atoms with E-state index in [2.05, 4.69) is 40.3 Å². The molecular weight excluding hydrogens is 254 g/mol. The van der Waals surface area contributed by atoms with Crippen LogP contribution in [0.4, 0.5) is 0 Å². The highest BCUT2D eigenvalue weighted by Gasteiger charge is 2.42. The van der Waals surface area contributed by atoms with Crippen LogP contribution >= 0.6 is 0 Å². The van der Waals surface area contributed by atoms with Crippen LogP contribution in [0, 0.1) is 5.92 Å². The van der Waals surface area contributed by atoms with Gasteiger partial charge in [0.2, 0.25) is 0 Å². The molecule has 0 radical (unpaired) electrons. The molecule has 0 saturated carbocycles. The number of nitrogens with zero attached hydrogens (tertiary/aromatic N) is 5. The van der Waals surface area contributed by atoms with Gasteiger partial charge in [-0.2, -0.15) is 10.5 Å². The van der Waals surface area contributed by atoms with Crippen molar-refractivity contribution in [3.63, 3.8) is 0 Å². The first-order chi connectivity index (χ1) is 9.61. The lowest BCUT2D eigenvalue weighted by molar-refractivity contribution is 0.248. The first kappa shape index (κ1) is 12.9. The molecule has 1 aromatic rings. The second-order valence-corrected chi connectivity index (χ2v) is 5.23. The third-order valence-electron chi connectivity index (χ3n) is 3.63. The number of hydrogen-bond donors (Lipinski definition) is 2. The van der Waals surface area contributed by atoms with Crippen molar-refractivity contribution in [3.8, 4) is 0 Å². The lowest BCUT2D eigenvalue weighted by Gasteiger charge is -2.37. The van der Waals surface area contributed by atoms with Gasteiger partial charge in [-0.05, 0) is 12.0 Å². The zero-order valence-electron chi connectivity index (χ0n) is 11.6. The normalized spacial score (nSPS) is 25.7. The van der Waals surface area contributed by atoms with Crippen LogP contribution in [0.5, 0.6) is 0 Å². The fraction of sp³-hybridized carbons (Fsp3) is 0.385. The molecule has 7 nitrogen and oxygen atoms in total. The average Bonchev–Trinajstić information content (AvgIpc) is 3.07. The maximum Gasteiger partial charge on any atom is 0.139 e. The van der Waals surface area contributed by atoms with Crippen molar-refractivity contribution < 1.29 is 0 Å². The van der Waals surface area contributed by atoms with Gasteiger partial charge in [-0.15, -0.1) is 9.89 Å². The molecule has 1 aromatic heterocycles. The van der Waals surface area contributed by atoms with Gasteiger partial charge in [0.15, 0.2) is 0 Å². The molecule has 0 aromatic carbocycles. The van der Waals surface area contributed by atoms with Gasteiger partial charge in [0.1, 0.15) is 18.3 Å². The van der Waals surface area contributed by atoms with Crippen LogP contribution in [0.3, 0.4) is 0 Å². The number of rotatable bonds is 3. The predicted molar refractivity (Wildman–Crippen MR) is 76.2 cm³/mol. The van der Waals surface area contributed by atoms with Gasteiger partial charge in [-0.1, -0.05) is 26.0 Å². The van der Waals surface area contributed by atoms with Crippen molar-refractivity contribution in [1.82, 2.24) is 25.2 Å². The van der Waals surface area contributed by atoms with Gasteiger partial charge in [-0.3, -0.25) is 0 Å². The Labute approximate surface area is 118 Å². The molecular formula is C13H19N7. The van der Waals surface area contributed by atoms with E-state index in [1.54, 1.807) is 16.2 Å². The zero-order chi connectivity index (χ0) is 14.2. The summed E-state index contributed by atoms with van der Waals surface area (Å²) < 4.78 is 0. The minimum atomic E-state index is -0.651. The van der Waals surface area contributed by atoms with Gasteiger partial charge in [0.25, 0.3) is 0 Å². The Morgan fingerprint density at radius 2 is 2.25 bits per heavy atom. The highest BCUT2D eigenvalue weighted by molar-refractivity contribution is 5.31. The number of nitrogens with two attached hydrogens (primary N) is 1. The van der Waals surface area contributed by atoms with Crippen LogP contribution in [-0.4, -0.2) is 32.0 Å². The molecule has 0 saturated heterocycles. The largest absolute Gasteiger partial charge is 0.343 e. The summed E-state index contributed by atoms with van der Waals surface area (Å²) >= 11 is 0. The number of nitrogens with one attached hydrogen (secondary N) is 1. The molecule has 1 atom stereocenters. The second-order valence-electron chi connectivity index (χ2n) is 5.23. The number of allylic oxidation sites excluding steroid dienone is 2. The van der Waals surface area contributed by atoms with Crippen molar-refractivity contribution in [1.29, 1.82) is 0 Å². The van der Waals surface area contributed by atoms with E-state index in [4.69, 9.17) is 5.73 Å². The standard InChI is InChI=1S/C13H19N7/c1-11(2)13(14)12(18-6-4-3-5-7-18)8-19(17-13)20-10-15-9-16-20/h3-6,8-11,17H,7,14H2,1-2H3. The third-order valence-corrected chi connectivity index (χ3v) is 3.63. The summed E-state index contributed by atoms with van der Waals surface area (Å²) in [5, 5.41) is 5.88. The Kier molecular flexibility index (Phi) is 3.07. The van der Waals surface area contributed by atoms with Gasteiger partial charge < -0.3 is 10.6 Å². The lowest BCUT2D eigenvalue weighted by Crippen LogP contribution is -2.62. The van der Waals surface area contributed by atoms with Gasteiger partial charge >= 0.3 is 0 Å². The van der Waals surface area contributed by atoms with Crippen LogP contribution in [0.25, 0.3) is 0 Å². The fourth-order valence-corrected chi connectivity index (χ4v) is 2.31. The molecule has 0 amide bonds. The fourth-order valence-electron chi connectivity index (χ4n) is 2.31. The van der Waals surface area contributed by atoms with Crippen molar-refractivity contribution >= 4 is 0 Å². The van der Waals surface area contributed by atoms with Gasteiger partial charge in [-0.25, -0.2) is 4.98 Å². The van der Waals surface area contributed by atoms with E-state index in [0.717, 1.165) is 12.2 Å². The molecule has 0 bridgehead atoms. The quantitative estimate of drug-likeness (QED) is 0.823. The Balaban J connectivity index is 1.95. The van der Waals surface area contributed by atoms with Gasteiger partial charge in [0, 0.05) is 12.7 Å². The lowest BCUT2D eigenvalue weighted by atomic mass is 9.94. The van der Waals surface area contributed by atoms with E-state index in [9.17, 15) is 0 Å². The van der Waals surface area contributed by atoms with Crippen LogP contribution < -0.4 is 16.3 Å². The monoisotopic (exact) mass is 273 g/mol. The molecule has 0 aliphatic carbocycles. The molecule has 2 aliphatic heterocycles. The smallest absolute Gasteiger partial charge is 0.139 e. The highest BCUT2D eigenvalue weighted by atomic mass is 15.8. The third kappa shape index (κ3) is 2.00. The van der Waals surface area contributed by atoms with E-state index in [-0.39, 0.29) is 5.92 Å². The van der Waals surface area contributed by atoms with Crippen LogP contribution in [0.2, 0.25) is 0 Å². The molecule has 106 valence electrons. The molecule has 0 spiro atoms. The molecule has 3 rings (SSSR count). The molecule has 3 N–H and O–H groups in total. The topological polar surface area (TPSA) is 75.2 Å². The second kappa shape index (κ2) is 4.77. The van der Waals surface area contributed by atoms with E-state index in [1.165, 1.54) is 6.33 Å². The zero-order valence-corrected chi connectivity index (χ0v) is 11.6. The average molecular weight is 273 g/mol. The maximum absolute atomic E-state index is 6.59. The van der Waals surface area contributed by atoms with Crippen molar-refractivity contribution in [2.75, 3.05) is 11.7 Å². The molecule has 1 unspecified atom stereocenters. The predicted octanol–water partition coefficient (Wildman–Crippen LogP) is 0.272. The molecule has 20 heavy (non-hydrogen) atoms.